The summed E-state index contributed by atoms with van der Waals surface area (Å²) in [5, 5.41) is 23.7. The van der Waals surface area contributed by atoms with Gasteiger partial charge in [-0.1, -0.05) is 5.16 Å². The Hall–Kier alpha value is -3.50. The molecule has 33 heavy (non-hydrogen) atoms. The molecule has 1 amide bonds. The Morgan fingerprint density at radius 3 is 2.27 bits per heavy atom. The number of carboxylic acid groups (broad SMARTS) is 1. The van der Waals surface area contributed by atoms with Crippen LogP contribution in [-0.4, -0.2) is 39.4 Å². The van der Waals surface area contributed by atoms with Crippen LogP contribution in [0.4, 0.5) is 36.8 Å². The molecule has 0 N–H and O–H groups in total. The third-order valence-corrected chi connectivity index (χ3v) is 4.33. The Morgan fingerprint density at radius 1 is 1.15 bits per heavy atom. The van der Waals surface area contributed by atoms with E-state index in [1.54, 1.807) is 20.8 Å². The van der Waals surface area contributed by atoms with Crippen LogP contribution in [0.25, 0.3) is 0 Å². The van der Waals surface area contributed by atoms with Gasteiger partial charge in [-0.3, -0.25) is 0 Å². The zero-order valence-electron chi connectivity index (χ0n) is 17.6. The van der Waals surface area contributed by atoms with Crippen LogP contribution < -0.4 is 10.0 Å². The predicted octanol–water partition coefficient (Wildman–Crippen LogP) is 3.47. The van der Waals surface area contributed by atoms with Gasteiger partial charge < -0.3 is 24.2 Å². The molecule has 0 aliphatic carbocycles. The van der Waals surface area contributed by atoms with Gasteiger partial charge in [0.25, 0.3) is 0 Å². The molecular formula is C19H18F6N5O3-. The van der Waals surface area contributed by atoms with Gasteiger partial charge in [-0.05, 0) is 39.0 Å². The zero-order chi connectivity index (χ0) is 25.2. The maximum absolute atomic E-state index is 13.2. The number of hydrogen-bond donors (Lipinski definition) is 0. The number of benzene rings is 1. The van der Waals surface area contributed by atoms with E-state index in [2.05, 4.69) is 10.1 Å². The summed E-state index contributed by atoms with van der Waals surface area (Å²) in [6.45, 7) is 1.93. The number of alkyl halides is 6. The van der Waals surface area contributed by atoms with Crippen molar-refractivity contribution in [2.75, 3.05) is 11.4 Å². The molecule has 0 atom stereocenters. The minimum atomic E-state index is -4.97. The number of hydrogen-bond acceptors (Lipinski definition) is 7. The monoisotopic (exact) mass is 478 g/mol. The van der Waals surface area contributed by atoms with E-state index in [0.29, 0.717) is 11.0 Å². The summed E-state index contributed by atoms with van der Waals surface area (Å²) in [4.78, 5) is 16.6. The molecule has 0 aliphatic rings. The van der Waals surface area contributed by atoms with E-state index in [9.17, 15) is 36.2 Å². The molecule has 0 unspecified atom stereocenters. The van der Waals surface area contributed by atoms with Gasteiger partial charge in [0.15, 0.2) is 5.82 Å². The highest BCUT2D eigenvalue weighted by atomic mass is 19.4. The third-order valence-electron chi connectivity index (χ3n) is 4.33. The van der Waals surface area contributed by atoms with E-state index >= 15 is 0 Å². The first-order chi connectivity index (χ1) is 15.0. The van der Waals surface area contributed by atoms with Crippen LogP contribution in [0.5, 0.6) is 0 Å². The molecule has 0 saturated heterocycles. The van der Waals surface area contributed by atoms with Crippen LogP contribution in [-0.2, 0) is 19.3 Å². The standard InChI is InChI=1S/C19H19F6N5O3/c1-17(2,3)30(16(31)32)9-15-27-14(28-33-15)8-29(10-18(20,21)22)12-5-4-11(7-26)13(6-12)19(23,24)25/h4-6H,8-10H2,1-3H3,(H,31,32)/p-1. The molecule has 0 spiro atoms. The van der Waals surface area contributed by atoms with Crippen LogP contribution in [0.3, 0.4) is 0 Å². The summed E-state index contributed by atoms with van der Waals surface area (Å²) in [7, 11) is 0. The van der Waals surface area contributed by atoms with Crippen LogP contribution in [0, 0.1) is 11.3 Å². The van der Waals surface area contributed by atoms with Crippen molar-refractivity contribution in [2.45, 2.75) is 51.8 Å². The normalized spacial score (nSPS) is 12.4. The average Bonchev–Trinajstić information content (AvgIpc) is 3.09. The van der Waals surface area contributed by atoms with Gasteiger partial charge in [0, 0.05) is 11.2 Å². The second kappa shape index (κ2) is 9.16. The molecule has 2 aromatic rings. The Labute approximate surface area is 184 Å². The van der Waals surface area contributed by atoms with E-state index in [-0.39, 0.29) is 11.7 Å². The summed E-state index contributed by atoms with van der Waals surface area (Å²) in [5.41, 5.74) is -3.52. The van der Waals surface area contributed by atoms with Gasteiger partial charge in [-0.2, -0.15) is 36.6 Å². The molecule has 180 valence electrons. The molecule has 2 rings (SSSR count). The van der Waals surface area contributed by atoms with Crippen molar-refractivity contribution in [3.05, 3.63) is 41.0 Å². The van der Waals surface area contributed by atoms with Gasteiger partial charge in [0.1, 0.15) is 12.6 Å². The van der Waals surface area contributed by atoms with Crippen LogP contribution in [0.15, 0.2) is 22.7 Å². The topological polar surface area (TPSA) is 109 Å². The van der Waals surface area contributed by atoms with Crippen LogP contribution in [0.2, 0.25) is 0 Å². The summed E-state index contributed by atoms with van der Waals surface area (Å²) >= 11 is 0. The maximum Gasteiger partial charge on any atom is 0.417 e. The second-order valence-corrected chi connectivity index (χ2v) is 7.94. The molecule has 0 saturated carbocycles. The molecule has 0 bridgehead atoms. The summed E-state index contributed by atoms with van der Waals surface area (Å²) < 4.78 is 84.0. The minimum absolute atomic E-state index is 0.244. The van der Waals surface area contributed by atoms with Crippen LogP contribution in [0.1, 0.15) is 43.6 Å². The molecule has 0 aliphatic heterocycles. The quantitative estimate of drug-likeness (QED) is 0.585. The smallest absolute Gasteiger partial charge is 0.417 e. The summed E-state index contributed by atoms with van der Waals surface area (Å²) in [6.07, 6.45) is -11.3. The number of nitriles is 1. The fourth-order valence-electron chi connectivity index (χ4n) is 2.82. The lowest BCUT2D eigenvalue weighted by molar-refractivity contribution is -0.271. The largest absolute Gasteiger partial charge is 0.530 e. The van der Waals surface area contributed by atoms with E-state index in [0.717, 1.165) is 17.0 Å². The molecule has 1 aromatic carbocycles. The first kappa shape index (κ1) is 25.8. The first-order valence-electron chi connectivity index (χ1n) is 9.24. The van der Waals surface area contributed by atoms with Crippen molar-refractivity contribution in [3.63, 3.8) is 0 Å². The number of halogens is 6. The lowest BCUT2D eigenvalue weighted by Crippen LogP contribution is -2.51. The van der Waals surface area contributed by atoms with E-state index in [1.165, 1.54) is 6.07 Å². The van der Waals surface area contributed by atoms with E-state index in [1.807, 2.05) is 0 Å². The molecule has 0 fully saturated rings. The van der Waals surface area contributed by atoms with Crippen molar-refractivity contribution in [1.82, 2.24) is 15.0 Å². The van der Waals surface area contributed by atoms with Gasteiger partial charge in [-0.25, -0.2) is 0 Å². The zero-order valence-corrected chi connectivity index (χ0v) is 17.6. The fourth-order valence-corrected chi connectivity index (χ4v) is 2.82. The third kappa shape index (κ3) is 6.99. The fraction of sp³-hybridized carbons (Fsp3) is 0.474. The van der Waals surface area contributed by atoms with Crippen molar-refractivity contribution < 1.29 is 40.8 Å². The Bertz CT molecular complexity index is 1040. The number of aromatic nitrogens is 2. The number of anilines is 1. The Morgan fingerprint density at radius 2 is 1.79 bits per heavy atom. The van der Waals surface area contributed by atoms with E-state index < -0.39 is 60.4 Å². The number of carbonyl (C=O) groups is 1. The predicted molar refractivity (Wildman–Crippen MR) is 98.3 cm³/mol. The highest BCUT2D eigenvalue weighted by Gasteiger charge is 2.36. The van der Waals surface area contributed by atoms with Crippen LogP contribution >= 0.6 is 0 Å². The molecular weight excluding hydrogens is 460 g/mol. The van der Waals surface area contributed by atoms with Gasteiger partial charge in [0.2, 0.25) is 5.89 Å². The molecule has 0 radical (unpaired) electrons. The summed E-state index contributed by atoms with van der Waals surface area (Å²) in [6, 6.07) is 3.49. The van der Waals surface area contributed by atoms with Crippen molar-refractivity contribution in [2.24, 2.45) is 0 Å². The average molecular weight is 478 g/mol. The number of carbonyl (C=O) groups excluding carboxylic acids is 1. The lowest BCUT2D eigenvalue weighted by Gasteiger charge is -2.36. The number of rotatable bonds is 6. The summed E-state index contributed by atoms with van der Waals surface area (Å²) in [5.74, 6) is -0.564. The van der Waals surface area contributed by atoms with Crippen molar-refractivity contribution in [1.29, 1.82) is 5.26 Å². The van der Waals surface area contributed by atoms with Crippen molar-refractivity contribution in [3.8, 4) is 6.07 Å². The second-order valence-electron chi connectivity index (χ2n) is 7.94. The van der Waals surface area contributed by atoms with Crippen molar-refractivity contribution >= 4 is 11.8 Å². The highest BCUT2D eigenvalue weighted by Crippen LogP contribution is 2.35. The van der Waals surface area contributed by atoms with Gasteiger partial charge >= 0.3 is 12.4 Å². The Kier molecular flexibility index (Phi) is 7.15. The molecule has 1 aromatic heterocycles. The van der Waals surface area contributed by atoms with Gasteiger partial charge in [0.05, 0.1) is 30.3 Å². The number of amides is 1. The SMILES string of the molecule is CC(C)(C)N(Cc1nc(CN(CC(F)(F)F)c2ccc(C#N)c(C(F)(F)F)c2)no1)C(=O)[O-]. The molecule has 14 heteroatoms. The Balaban J connectivity index is 2.37. The van der Waals surface area contributed by atoms with Gasteiger partial charge in [-0.15, -0.1) is 0 Å². The van der Waals surface area contributed by atoms with E-state index in [4.69, 9.17) is 9.78 Å². The molecule has 1 heterocycles. The minimum Gasteiger partial charge on any atom is -0.530 e. The number of nitrogens with zero attached hydrogens (tertiary/aromatic N) is 5. The molecule has 8 nitrogen and oxygen atoms in total. The maximum atomic E-state index is 13.2. The highest BCUT2D eigenvalue weighted by molar-refractivity contribution is 5.63. The first-order valence-corrected chi connectivity index (χ1v) is 9.24. The lowest BCUT2D eigenvalue weighted by atomic mass is 10.1.